The van der Waals surface area contributed by atoms with E-state index in [2.05, 4.69) is 5.32 Å². The van der Waals surface area contributed by atoms with Crippen molar-refractivity contribution in [2.45, 2.75) is 51.2 Å². The van der Waals surface area contributed by atoms with E-state index < -0.39 is 17.7 Å². The number of hydrogen-bond donors (Lipinski definition) is 2. The fourth-order valence-electron chi connectivity index (χ4n) is 2.51. The molecule has 21 heavy (non-hydrogen) atoms. The molecule has 0 radical (unpaired) electrons. The van der Waals surface area contributed by atoms with Crippen LogP contribution in [-0.4, -0.2) is 28.8 Å². The summed E-state index contributed by atoms with van der Waals surface area (Å²) in [6, 6.07) is 7.08. The lowest BCUT2D eigenvalue weighted by Gasteiger charge is -2.37. The van der Waals surface area contributed by atoms with Crippen LogP contribution in [0.15, 0.2) is 24.3 Å². The van der Waals surface area contributed by atoms with Crippen LogP contribution in [0.3, 0.4) is 0 Å². The molecule has 1 aromatic rings. The number of carboxylic acid groups (broad SMARTS) is 1. The summed E-state index contributed by atoms with van der Waals surface area (Å²) in [6.07, 6.45) is 1.06. The molecule has 5 nitrogen and oxygen atoms in total. The van der Waals surface area contributed by atoms with Gasteiger partial charge in [-0.1, -0.05) is 18.2 Å². The molecule has 1 aliphatic rings. The molecule has 1 aromatic carbocycles. The lowest BCUT2D eigenvalue weighted by atomic mass is 9.74. The number of carbonyl (C=O) groups is 2. The van der Waals surface area contributed by atoms with Crippen molar-refractivity contribution in [2.24, 2.45) is 0 Å². The second-order valence-electron chi connectivity index (χ2n) is 6.40. The summed E-state index contributed by atoms with van der Waals surface area (Å²) in [5.41, 5.74) is 0.675. The molecule has 0 aromatic heterocycles. The standard InChI is InChI=1S/C16H21NO4/c1-16(2,3)21-15(20)17-11-8-10(9-11)12-6-4-5-7-13(12)14(18)19/h4-7,10-11H,8-9H2,1-3H3,(H,17,20)(H,18,19). The molecule has 1 amide bonds. The number of aromatic carboxylic acids is 1. The second kappa shape index (κ2) is 5.76. The Kier molecular flexibility index (Phi) is 4.21. The van der Waals surface area contributed by atoms with Gasteiger partial charge in [-0.05, 0) is 51.2 Å². The van der Waals surface area contributed by atoms with Gasteiger partial charge >= 0.3 is 12.1 Å². The van der Waals surface area contributed by atoms with Crippen LogP contribution in [0.2, 0.25) is 0 Å². The van der Waals surface area contributed by atoms with Crippen molar-refractivity contribution in [3.8, 4) is 0 Å². The number of carboxylic acids is 1. The number of benzene rings is 1. The topological polar surface area (TPSA) is 75.6 Å². The first-order valence-corrected chi connectivity index (χ1v) is 7.08. The monoisotopic (exact) mass is 291 g/mol. The summed E-state index contributed by atoms with van der Waals surface area (Å²) in [7, 11) is 0. The summed E-state index contributed by atoms with van der Waals surface area (Å²) < 4.78 is 5.20. The van der Waals surface area contributed by atoms with E-state index in [0.29, 0.717) is 5.56 Å². The second-order valence-corrected chi connectivity index (χ2v) is 6.40. The minimum atomic E-state index is -0.908. The Morgan fingerprint density at radius 3 is 2.43 bits per heavy atom. The van der Waals surface area contributed by atoms with Crippen molar-refractivity contribution in [3.05, 3.63) is 35.4 Å². The number of rotatable bonds is 3. The van der Waals surface area contributed by atoms with Crippen LogP contribution in [-0.2, 0) is 4.74 Å². The average molecular weight is 291 g/mol. The zero-order valence-electron chi connectivity index (χ0n) is 12.6. The SMILES string of the molecule is CC(C)(C)OC(=O)NC1CC(c2ccccc2C(=O)O)C1. The Morgan fingerprint density at radius 2 is 1.86 bits per heavy atom. The van der Waals surface area contributed by atoms with E-state index >= 15 is 0 Å². The molecule has 0 atom stereocenters. The third kappa shape index (κ3) is 3.97. The number of hydrogen-bond acceptors (Lipinski definition) is 3. The minimum absolute atomic E-state index is 0.0479. The van der Waals surface area contributed by atoms with Crippen molar-refractivity contribution in [1.29, 1.82) is 0 Å². The first-order chi connectivity index (χ1) is 9.76. The third-order valence-electron chi connectivity index (χ3n) is 3.49. The molecule has 0 spiro atoms. The predicted octanol–water partition coefficient (Wildman–Crippen LogP) is 3.16. The Hall–Kier alpha value is -2.04. The van der Waals surface area contributed by atoms with Crippen molar-refractivity contribution < 1.29 is 19.4 Å². The Balaban J connectivity index is 1.90. The summed E-state index contributed by atoms with van der Waals surface area (Å²) in [5, 5.41) is 12.0. The maximum Gasteiger partial charge on any atom is 0.407 e. The van der Waals surface area contributed by atoms with Crippen LogP contribution in [0.1, 0.15) is 55.5 Å². The minimum Gasteiger partial charge on any atom is -0.478 e. The normalized spacial score (nSPS) is 21.3. The average Bonchev–Trinajstić information content (AvgIpc) is 2.31. The van der Waals surface area contributed by atoms with Crippen LogP contribution < -0.4 is 5.32 Å². The van der Waals surface area contributed by atoms with Crippen molar-refractivity contribution >= 4 is 12.1 Å². The van der Waals surface area contributed by atoms with Crippen LogP contribution in [0.5, 0.6) is 0 Å². The smallest absolute Gasteiger partial charge is 0.407 e. The molecular formula is C16H21NO4. The zero-order valence-corrected chi connectivity index (χ0v) is 12.6. The van der Waals surface area contributed by atoms with Crippen molar-refractivity contribution in [2.75, 3.05) is 0 Å². The van der Waals surface area contributed by atoms with E-state index in [1.165, 1.54) is 0 Å². The van der Waals surface area contributed by atoms with Gasteiger partial charge < -0.3 is 15.2 Å². The van der Waals surface area contributed by atoms with Crippen molar-refractivity contribution in [3.63, 3.8) is 0 Å². The Labute approximate surface area is 124 Å². The molecule has 1 saturated carbocycles. The maximum atomic E-state index is 11.7. The first kappa shape index (κ1) is 15.4. The quantitative estimate of drug-likeness (QED) is 0.897. The molecule has 0 heterocycles. The molecule has 114 valence electrons. The molecule has 2 rings (SSSR count). The molecule has 5 heteroatoms. The number of carbonyl (C=O) groups excluding carboxylic acids is 1. The highest BCUT2D eigenvalue weighted by Crippen LogP contribution is 2.38. The van der Waals surface area contributed by atoms with Gasteiger partial charge in [0, 0.05) is 6.04 Å². The van der Waals surface area contributed by atoms with E-state index in [1.54, 1.807) is 12.1 Å². The predicted molar refractivity (Wildman–Crippen MR) is 78.5 cm³/mol. The summed E-state index contributed by atoms with van der Waals surface area (Å²) in [4.78, 5) is 22.8. The van der Waals surface area contributed by atoms with Gasteiger partial charge in [-0.25, -0.2) is 9.59 Å². The largest absolute Gasteiger partial charge is 0.478 e. The number of ether oxygens (including phenoxy) is 1. The molecule has 0 aliphatic heterocycles. The summed E-state index contributed by atoms with van der Waals surface area (Å²) in [5.74, 6) is -0.730. The highest BCUT2D eigenvalue weighted by Gasteiger charge is 2.34. The van der Waals surface area contributed by atoms with Gasteiger partial charge in [0.2, 0.25) is 0 Å². The molecule has 0 unspecified atom stereocenters. The van der Waals surface area contributed by atoms with Crippen LogP contribution in [0, 0.1) is 0 Å². The molecule has 1 aliphatic carbocycles. The van der Waals surface area contributed by atoms with E-state index in [9.17, 15) is 14.7 Å². The maximum absolute atomic E-state index is 11.7. The summed E-state index contributed by atoms with van der Waals surface area (Å²) >= 11 is 0. The highest BCUT2D eigenvalue weighted by atomic mass is 16.6. The highest BCUT2D eigenvalue weighted by molar-refractivity contribution is 5.89. The van der Waals surface area contributed by atoms with Gasteiger partial charge in [0.05, 0.1) is 5.56 Å². The van der Waals surface area contributed by atoms with Crippen LogP contribution >= 0.6 is 0 Å². The molecule has 0 bridgehead atoms. The lowest BCUT2D eigenvalue weighted by molar-refractivity contribution is 0.0469. The molecule has 0 saturated heterocycles. The molecular weight excluding hydrogens is 270 g/mol. The van der Waals surface area contributed by atoms with Gasteiger partial charge in [0.15, 0.2) is 0 Å². The van der Waals surface area contributed by atoms with E-state index in [0.717, 1.165) is 18.4 Å². The Bertz CT molecular complexity index is 541. The van der Waals surface area contributed by atoms with Gasteiger partial charge in [-0.3, -0.25) is 0 Å². The van der Waals surface area contributed by atoms with Crippen LogP contribution in [0.4, 0.5) is 4.79 Å². The van der Waals surface area contributed by atoms with E-state index in [1.807, 2.05) is 32.9 Å². The molecule has 1 fully saturated rings. The lowest BCUT2D eigenvalue weighted by Crippen LogP contribution is -2.45. The molecule has 2 N–H and O–H groups in total. The number of nitrogens with one attached hydrogen (secondary N) is 1. The Morgan fingerprint density at radius 1 is 1.24 bits per heavy atom. The zero-order chi connectivity index (χ0) is 15.6. The summed E-state index contributed by atoms with van der Waals surface area (Å²) in [6.45, 7) is 5.46. The van der Waals surface area contributed by atoms with E-state index in [-0.39, 0.29) is 12.0 Å². The van der Waals surface area contributed by atoms with Gasteiger partial charge in [0.1, 0.15) is 5.60 Å². The van der Waals surface area contributed by atoms with Crippen molar-refractivity contribution in [1.82, 2.24) is 5.32 Å². The van der Waals surface area contributed by atoms with E-state index in [4.69, 9.17) is 4.74 Å². The number of amides is 1. The van der Waals surface area contributed by atoms with Gasteiger partial charge in [-0.15, -0.1) is 0 Å². The number of alkyl carbamates (subject to hydrolysis) is 1. The van der Waals surface area contributed by atoms with Crippen LogP contribution in [0.25, 0.3) is 0 Å². The van der Waals surface area contributed by atoms with Gasteiger partial charge in [-0.2, -0.15) is 0 Å². The fourth-order valence-corrected chi connectivity index (χ4v) is 2.51. The fraction of sp³-hybridized carbons (Fsp3) is 0.500. The first-order valence-electron chi connectivity index (χ1n) is 7.08. The third-order valence-corrected chi connectivity index (χ3v) is 3.49. The van der Waals surface area contributed by atoms with Gasteiger partial charge in [0.25, 0.3) is 0 Å².